The van der Waals surface area contributed by atoms with Crippen molar-refractivity contribution < 1.29 is 9.53 Å². The van der Waals surface area contributed by atoms with Crippen molar-refractivity contribution in [2.24, 2.45) is 0 Å². The lowest BCUT2D eigenvalue weighted by atomic mass is 10.2. The highest BCUT2D eigenvalue weighted by atomic mass is 16.5. The van der Waals surface area contributed by atoms with Gasteiger partial charge in [0.1, 0.15) is 0 Å². The average molecular weight is 269 g/mol. The van der Waals surface area contributed by atoms with Gasteiger partial charge in [-0.05, 0) is 19.8 Å². The van der Waals surface area contributed by atoms with Gasteiger partial charge < -0.3 is 15.4 Å². The molecule has 1 saturated carbocycles. The van der Waals surface area contributed by atoms with Crippen LogP contribution in [0.4, 0.5) is 0 Å². The van der Waals surface area contributed by atoms with Crippen molar-refractivity contribution in [3.63, 3.8) is 0 Å². The highest BCUT2D eigenvalue weighted by molar-refractivity contribution is 5.81. The zero-order valence-electron chi connectivity index (χ0n) is 12.0. The lowest BCUT2D eigenvalue weighted by Crippen LogP contribution is -2.48. The molecule has 0 aromatic heterocycles. The van der Waals surface area contributed by atoms with Gasteiger partial charge in [-0.2, -0.15) is 0 Å². The molecular formula is C14H27N3O2. The molecular weight excluding hydrogens is 242 g/mol. The van der Waals surface area contributed by atoms with Crippen molar-refractivity contribution in [2.75, 3.05) is 39.4 Å². The monoisotopic (exact) mass is 269 g/mol. The predicted molar refractivity (Wildman–Crippen MR) is 75.1 cm³/mol. The van der Waals surface area contributed by atoms with E-state index in [0.29, 0.717) is 6.04 Å². The van der Waals surface area contributed by atoms with E-state index in [0.717, 1.165) is 52.2 Å². The molecule has 1 atom stereocenters. The largest absolute Gasteiger partial charge is 0.379 e. The summed E-state index contributed by atoms with van der Waals surface area (Å²) >= 11 is 0. The molecule has 1 amide bonds. The predicted octanol–water partition coefficient (Wildman–Crippen LogP) is 0.356. The van der Waals surface area contributed by atoms with Crippen molar-refractivity contribution in [1.82, 2.24) is 15.5 Å². The number of nitrogens with zero attached hydrogens (tertiary/aromatic N) is 1. The molecule has 2 fully saturated rings. The van der Waals surface area contributed by atoms with E-state index in [-0.39, 0.29) is 11.9 Å². The molecule has 1 heterocycles. The van der Waals surface area contributed by atoms with E-state index >= 15 is 0 Å². The summed E-state index contributed by atoms with van der Waals surface area (Å²) in [7, 11) is 0. The average Bonchev–Trinajstić information content (AvgIpc) is 2.92. The van der Waals surface area contributed by atoms with Gasteiger partial charge in [-0.1, -0.05) is 12.8 Å². The molecule has 5 heteroatoms. The smallest absolute Gasteiger partial charge is 0.237 e. The minimum Gasteiger partial charge on any atom is -0.379 e. The maximum absolute atomic E-state index is 12.0. The SMILES string of the molecule is CC(NCCN1CCOCC1)C(=O)NC1CCCC1. The van der Waals surface area contributed by atoms with E-state index in [9.17, 15) is 4.79 Å². The molecule has 19 heavy (non-hydrogen) atoms. The summed E-state index contributed by atoms with van der Waals surface area (Å²) in [6.07, 6.45) is 4.80. The summed E-state index contributed by atoms with van der Waals surface area (Å²) in [6, 6.07) is 0.317. The van der Waals surface area contributed by atoms with Crippen LogP contribution in [0.5, 0.6) is 0 Å². The maximum Gasteiger partial charge on any atom is 0.237 e. The third-order valence-electron chi connectivity index (χ3n) is 4.08. The Hall–Kier alpha value is -0.650. The first kappa shape index (κ1) is 14.8. The summed E-state index contributed by atoms with van der Waals surface area (Å²) in [6.45, 7) is 7.47. The summed E-state index contributed by atoms with van der Waals surface area (Å²) in [5, 5.41) is 6.44. The van der Waals surface area contributed by atoms with Crippen molar-refractivity contribution in [2.45, 2.75) is 44.7 Å². The van der Waals surface area contributed by atoms with Gasteiger partial charge >= 0.3 is 0 Å². The zero-order chi connectivity index (χ0) is 13.5. The molecule has 2 N–H and O–H groups in total. The Morgan fingerprint density at radius 2 is 2.00 bits per heavy atom. The second kappa shape index (κ2) is 7.82. The van der Waals surface area contributed by atoms with Crippen molar-refractivity contribution in [3.8, 4) is 0 Å². The Labute approximate surface area is 116 Å². The molecule has 5 nitrogen and oxygen atoms in total. The van der Waals surface area contributed by atoms with E-state index < -0.39 is 0 Å². The summed E-state index contributed by atoms with van der Waals surface area (Å²) < 4.78 is 5.31. The minimum absolute atomic E-state index is 0.0957. The zero-order valence-corrected chi connectivity index (χ0v) is 12.0. The first-order valence-corrected chi connectivity index (χ1v) is 7.59. The Bertz CT molecular complexity index is 274. The number of ether oxygens (including phenoxy) is 1. The lowest BCUT2D eigenvalue weighted by molar-refractivity contribution is -0.123. The molecule has 110 valence electrons. The van der Waals surface area contributed by atoms with Gasteiger partial charge in [0.15, 0.2) is 0 Å². The second-order valence-corrected chi connectivity index (χ2v) is 5.62. The molecule has 0 aromatic rings. The Kier molecular flexibility index (Phi) is 6.07. The molecule has 0 spiro atoms. The number of amides is 1. The number of carbonyl (C=O) groups is 1. The number of nitrogens with one attached hydrogen (secondary N) is 2. The number of rotatable bonds is 6. The molecule has 2 rings (SSSR count). The van der Waals surface area contributed by atoms with Gasteiger partial charge in [-0.3, -0.25) is 9.69 Å². The summed E-state index contributed by atoms with van der Waals surface area (Å²) in [4.78, 5) is 14.3. The van der Waals surface area contributed by atoms with Gasteiger partial charge in [-0.15, -0.1) is 0 Å². The van der Waals surface area contributed by atoms with E-state index in [1.54, 1.807) is 0 Å². The maximum atomic E-state index is 12.0. The van der Waals surface area contributed by atoms with Crippen LogP contribution in [0.3, 0.4) is 0 Å². The van der Waals surface area contributed by atoms with E-state index in [1.165, 1.54) is 12.8 Å². The normalized spacial score (nSPS) is 23.4. The van der Waals surface area contributed by atoms with Crippen LogP contribution < -0.4 is 10.6 Å². The first-order chi connectivity index (χ1) is 9.25. The van der Waals surface area contributed by atoms with Gasteiger partial charge in [0, 0.05) is 32.2 Å². The Balaban J connectivity index is 1.57. The standard InChI is InChI=1S/C14H27N3O2/c1-12(14(18)16-13-4-2-3-5-13)15-6-7-17-8-10-19-11-9-17/h12-13,15H,2-11H2,1H3,(H,16,18). The number of hydrogen-bond donors (Lipinski definition) is 2. The Morgan fingerprint density at radius 1 is 1.32 bits per heavy atom. The minimum atomic E-state index is -0.0957. The molecule has 1 aliphatic carbocycles. The third kappa shape index (κ3) is 5.09. The fourth-order valence-corrected chi connectivity index (χ4v) is 2.75. The Morgan fingerprint density at radius 3 is 2.68 bits per heavy atom. The van der Waals surface area contributed by atoms with Crippen LogP contribution in [0.25, 0.3) is 0 Å². The quantitative estimate of drug-likeness (QED) is 0.731. The highest BCUT2D eigenvalue weighted by Gasteiger charge is 2.20. The second-order valence-electron chi connectivity index (χ2n) is 5.62. The molecule has 0 bridgehead atoms. The highest BCUT2D eigenvalue weighted by Crippen LogP contribution is 2.17. The van der Waals surface area contributed by atoms with Crippen molar-refractivity contribution in [3.05, 3.63) is 0 Å². The molecule has 1 saturated heterocycles. The first-order valence-electron chi connectivity index (χ1n) is 7.59. The van der Waals surface area contributed by atoms with Crippen LogP contribution >= 0.6 is 0 Å². The number of hydrogen-bond acceptors (Lipinski definition) is 4. The van der Waals surface area contributed by atoms with Crippen LogP contribution in [-0.2, 0) is 9.53 Å². The van der Waals surface area contributed by atoms with Gasteiger partial charge in [0.2, 0.25) is 5.91 Å². The van der Waals surface area contributed by atoms with E-state index in [4.69, 9.17) is 4.74 Å². The molecule has 1 aliphatic heterocycles. The van der Waals surface area contributed by atoms with E-state index in [2.05, 4.69) is 15.5 Å². The van der Waals surface area contributed by atoms with Crippen LogP contribution in [0.1, 0.15) is 32.6 Å². The molecule has 0 radical (unpaired) electrons. The number of morpholine rings is 1. The topological polar surface area (TPSA) is 53.6 Å². The summed E-state index contributed by atoms with van der Waals surface area (Å²) in [5.41, 5.74) is 0. The van der Waals surface area contributed by atoms with Crippen molar-refractivity contribution >= 4 is 5.91 Å². The fourth-order valence-electron chi connectivity index (χ4n) is 2.75. The van der Waals surface area contributed by atoms with Gasteiger partial charge in [-0.25, -0.2) is 0 Å². The van der Waals surface area contributed by atoms with E-state index in [1.807, 2.05) is 6.92 Å². The molecule has 0 aromatic carbocycles. The van der Waals surface area contributed by atoms with Gasteiger partial charge in [0.25, 0.3) is 0 Å². The molecule has 2 aliphatic rings. The molecule has 1 unspecified atom stereocenters. The van der Waals surface area contributed by atoms with Crippen molar-refractivity contribution in [1.29, 1.82) is 0 Å². The third-order valence-corrected chi connectivity index (χ3v) is 4.08. The van der Waals surface area contributed by atoms with Crippen LogP contribution in [0.15, 0.2) is 0 Å². The van der Waals surface area contributed by atoms with Gasteiger partial charge in [0.05, 0.1) is 19.3 Å². The van der Waals surface area contributed by atoms with Crippen LogP contribution in [-0.4, -0.2) is 62.3 Å². The summed E-state index contributed by atoms with van der Waals surface area (Å²) in [5.74, 6) is 0.147. The van der Waals surface area contributed by atoms with Crippen LogP contribution in [0.2, 0.25) is 0 Å². The van der Waals surface area contributed by atoms with Crippen LogP contribution in [0, 0.1) is 0 Å². The fraction of sp³-hybridized carbons (Fsp3) is 0.929. The lowest BCUT2D eigenvalue weighted by Gasteiger charge is -2.27. The number of carbonyl (C=O) groups excluding carboxylic acids is 1.